The molecule has 0 unspecified atom stereocenters. The lowest BCUT2D eigenvalue weighted by Crippen LogP contribution is -2.41. The van der Waals surface area contributed by atoms with Crippen molar-refractivity contribution < 1.29 is 17.9 Å². The molecule has 122 valence electrons. The summed E-state index contributed by atoms with van der Waals surface area (Å²) in [5, 5.41) is 5.43. The van der Waals surface area contributed by atoms with Crippen LogP contribution in [0.15, 0.2) is 24.3 Å². The van der Waals surface area contributed by atoms with Crippen molar-refractivity contribution in [2.75, 3.05) is 25.9 Å². The molecular weight excluding hydrogens is 306 g/mol. The number of urea groups is 1. The van der Waals surface area contributed by atoms with Crippen LogP contribution >= 0.6 is 0 Å². The highest BCUT2D eigenvalue weighted by atomic mass is 32.2. The quantitative estimate of drug-likeness (QED) is 0.625. The predicted molar refractivity (Wildman–Crippen MR) is 83.4 cm³/mol. The topological polar surface area (TPSA) is 96.5 Å². The number of carbonyl (C=O) groups is 1. The average molecular weight is 327 g/mol. The first-order valence-corrected chi connectivity index (χ1v) is 9.04. The lowest BCUT2D eigenvalue weighted by Gasteiger charge is -2.12. The highest BCUT2D eigenvalue weighted by molar-refractivity contribution is 7.88. The number of amides is 2. The van der Waals surface area contributed by atoms with Gasteiger partial charge in [0.1, 0.15) is 11.9 Å². The molecule has 0 radical (unpaired) electrons. The van der Waals surface area contributed by atoms with E-state index in [1.165, 1.54) is 0 Å². The molecule has 22 heavy (non-hydrogen) atoms. The zero-order valence-corrected chi connectivity index (χ0v) is 13.3. The van der Waals surface area contributed by atoms with Crippen LogP contribution in [0, 0.1) is 0 Å². The fourth-order valence-electron chi connectivity index (χ4n) is 2.18. The molecule has 1 aliphatic rings. The summed E-state index contributed by atoms with van der Waals surface area (Å²) in [5.74, 6) is 0.876. The van der Waals surface area contributed by atoms with Gasteiger partial charge in [-0.1, -0.05) is 18.2 Å². The number of hydrogen-bond acceptors (Lipinski definition) is 4. The number of nitrogens with one attached hydrogen (secondary N) is 3. The van der Waals surface area contributed by atoms with Crippen molar-refractivity contribution in [2.45, 2.75) is 18.9 Å². The van der Waals surface area contributed by atoms with Crippen molar-refractivity contribution in [3.05, 3.63) is 29.8 Å². The van der Waals surface area contributed by atoms with Gasteiger partial charge >= 0.3 is 6.03 Å². The van der Waals surface area contributed by atoms with Crippen molar-refractivity contribution in [3.63, 3.8) is 0 Å². The molecule has 1 aromatic rings. The lowest BCUT2D eigenvalue weighted by atomic mass is 10.1. The second kappa shape index (κ2) is 7.46. The molecule has 0 saturated heterocycles. The fourth-order valence-corrected chi connectivity index (χ4v) is 2.70. The van der Waals surface area contributed by atoms with Crippen LogP contribution in [-0.2, 0) is 16.4 Å². The van der Waals surface area contributed by atoms with E-state index < -0.39 is 10.0 Å². The molecule has 3 N–H and O–H groups in total. The second-order valence-corrected chi connectivity index (χ2v) is 7.04. The Morgan fingerprint density at radius 1 is 1.27 bits per heavy atom. The Kier molecular flexibility index (Phi) is 5.62. The summed E-state index contributed by atoms with van der Waals surface area (Å²) in [4.78, 5) is 11.6. The number of rotatable bonds is 7. The molecule has 1 atom stereocenters. The molecule has 0 saturated carbocycles. The minimum atomic E-state index is -3.17. The summed E-state index contributed by atoms with van der Waals surface area (Å²) in [6.07, 6.45) is 2.38. The standard InChI is InChI=1S/C14H21N3O4S/c1-22(19,20)17-8-4-7-15-14(18)16-10-12-9-11-5-2-3-6-13(11)21-12/h2-3,5-6,12,17H,4,7-10H2,1H3,(H2,15,16,18)/t12-/m1/s1. The maximum Gasteiger partial charge on any atom is 0.314 e. The Labute approximate surface area is 130 Å². The first kappa shape index (κ1) is 16.6. The van der Waals surface area contributed by atoms with Crippen molar-refractivity contribution in [1.82, 2.24) is 15.4 Å². The molecule has 0 aromatic heterocycles. The van der Waals surface area contributed by atoms with E-state index in [1.807, 2.05) is 24.3 Å². The number of carbonyl (C=O) groups excluding carboxylic acids is 1. The van der Waals surface area contributed by atoms with Crippen LogP contribution in [0.25, 0.3) is 0 Å². The Bertz CT molecular complexity index is 593. The SMILES string of the molecule is CS(=O)(=O)NCCCNC(=O)NC[C@H]1Cc2ccccc2O1. The summed E-state index contributed by atoms with van der Waals surface area (Å²) in [6.45, 7) is 1.14. The van der Waals surface area contributed by atoms with Gasteiger partial charge in [0.05, 0.1) is 12.8 Å². The zero-order chi connectivity index (χ0) is 16.0. The summed E-state index contributed by atoms with van der Waals surface area (Å²) < 4.78 is 29.8. The van der Waals surface area contributed by atoms with Gasteiger partial charge in [-0.05, 0) is 18.1 Å². The van der Waals surface area contributed by atoms with Crippen LogP contribution in [0.3, 0.4) is 0 Å². The van der Waals surface area contributed by atoms with E-state index >= 15 is 0 Å². The largest absolute Gasteiger partial charge is 0.488 e. The minimum Gasteiger partial charge on any atom is -0.488 e. The first-order chi connectivity index (χ1) is 10.4. The van der Waals surface area contributed by atoms with Gasteiger partial charge in [0.25, 0.3) is 0 Å². The lowest BCUT2D eigenvalue weighted by molar-refractivity contribution is 0.214. The van der Waals surface area contributed by atoms with Gasteiger partial charge in [0.2, 0.25) is 10.0 Å². The third-order valence-electron chi connectivity index (χ3n) is 3.21. The van der Waals surface area contributed by atoms with Gasteiger partial charge < -0.3 is 15.4 Å². The first-order valence-electron chi connectivity index (χ1n) is 7.15. The zero-order valence-electron chi connectivity index (χ0n) is 12.5. The molecule has 1 heterocycles. The molecular formula is C14H21N3O4S. The molecule has 7 nitrogen and oxygen atoms in total. The van der Waals surface area contributed by atoms with Crippen molar-refractivity contribution in [1.29, 1.82) is 0 Å². The van der Waals surface area contributed by atoms with Gasteiger partial charge in [-0.25, -0.2) is 17.9 Å². The van der Waals surface area contributed by atoms with Gasteiger partial charge in [-0.2, -0.15) is 0 Å². The molecule has 0 spiro atoms. The minimum absolute atomic E-state index is 0.0462. The molecule has 2 amide bonds. The van der Waals surface area contributed by atoms with E-state index in [0.717, 1.165) is 24.0 Å². The molecule has 0 aliphatic carbocycles. The molecule has 2 rings (SSSR count). The Hall–Kier alpha value is -1.80. The van der Waals surface area contributed by atoms with Crippen LogP contribution in [0.2, 0.25) is 0 Å². The summed E-state index contributed by atoms with van der Waals surface area (Å²) in [5.41, 5.74) is 1.15. The van der Waals surface area contributed by atoms with Crippen molar-refractivity contribution in [3.8, 4) is 5.75 Å². The molecule has 1 aromatic carbocycles. The second-order valence-electron chi connectivity index (χ2n) is 5.21. The van der Waals surface area contributed by atoms with Gasteiger partial charge in [0, 0.05) is 19.5 Å². The molecule has 0 fully saturated rings. The number of ether oxygens (including phenoxy) is 1. The Morgan fingerprint density at radius 2 is 2.05 bits per heavy atom. The maximum atomic E-state index is 11.6. The molecule has 0 bridgehead atoms. The van der Waals surface area contributed by atoms with Crippen LogP contribution in [-0.4, -0.2) is 46.4 Å². The van der Waals surface area contributed by atoms with E-state index in [1.54, 1.807) is 0 Å². The number of fused-ring (bicyclic) bond motifs is 1. The number of sulfonamides is 1. The average Bonchev–Trinajstić information content (AvgIpc) is 2.86. The highest BCUT2D eigenvalue weighted by Gasteiger charge is 2.22. The number of para-hydroxylation sites is 1. The third-order valence-corrected chi connectivity index (χ3v) is 3.94. The van der Waals surface area contributed by atoms with Gasteiger partial charge in [-0.15, -0.1) is 0 Å². The number of benzene rings is 1. The van der Waals surface area contributed by atoms with Crippen molar-refractivity contribution in [2.24, 2.45) is 0 Å². The smallest absolute Gasteiger partial charge is 0.314 e. The van der Waals surface area contributed by atoms with Crippen molar-refractivity contribution >= 4 is 16.1 Å². The van der Waals surface area contributed by atoms with E-state index in [4.69, 9.17) is 4.74 Å². The Balaban J connectivity index is 1.57. The van der Waals surface area contributed by atoms with E-state index in [9.17, 15) is 13.2 Å². The number of hydrogen-bond donors (Lipinski definition) is 3. The van der Waals surface area contributed by atoms with Gasteiger partial charge in [-0.3, -0.25) is 0 Å². The predicted octanol–water partition coefficient (Wildman–Crippen LogP) is 0.229. The third kappa shape index (κ3) is 5.53. The van der Waals surface area contributed by atoms with E-state index in [0.29, 0.717) is 26.1 Å². The summed E-state index contributed by atoms with van der Waals surface area (Å²) in [6, 6.07) is 7.55. The normalized spacial score (nSPS) is 16.7. The van der Waals surface area contributed by atoms with Crippen LogP contribution in [0.1, 0.15) is 12.0 Å². The molecule has 8 heteroatoms. The van der Waals surface area contributed by atoms with Crippen LogP contribution in [0.5, 0.6) is 5.75 Å². The van der Waals surface area contributed by atoms with Crippen LogP contribution in [0.4, 0.5) is 4.79 Å². The maximum absolute atomic E-state index is 11.6. The van der Waals surface area contributed by atoms with E-state index in [2.05, 4.69) is 15.4 Å². The van der Waals surface area contributed by atoms with Crippen LogP contribution < -0.4 is 20.1 Å². The summed E-state index contributed by atoms with van der Waals surface area (Å²) >= 11 is 0. The highest BCUT2D eigenvalue weighted by Crippen LogP contribution is 2.27. The molecule has 1 aliphatic heterocycles. The summed E-state index contributed by atoms with van der Waals surface area (Å²) in [7, 11) is -3.17. The fraction of sp³-hybridized carbons (Fsp3) is 0.500. The monoisotopic (exact) mass is 327 g/mol. The Morgan fingerprint density at radius 3 is 2.77 bits per heavy atom. The van der Waals surface area contributed by atoms with E-state index in [-0.39, 0.29) is 12.1 Å². The van der Waals surface area contributed by atoms with Gasteiger partial charge in [0.15, 0.2) is 0 Å².